The first-order valence-electron chi connectivity index (χ1n) is 9.85. The van der Waals surface area contributed by atoms with Crippen LogP contribution in [0, 0.1) is 12.8 Å². The van der Waals surface area contributed by atoms with Gasteiger partial charge in [-0.1, -0.05) is 13.3 Å². The quantitative estimate of drug-likeness (QED) is 0.879. The maximum absolute atomic E-state index is 12.4. The van der Waals surface area contributed by atoms with Crippen LogP contribution in [0.2, 0.25) is 0 Å². The summed E-state index contributed by atoms with van der Waals surface area (Å²) < 4.78 is 5.67. The standard InChI is InChI=1S/C21H26N4O3/c1-4-14-5-7-24(12-14)15-10-16-19(22-11-15)17(9-13(2)20(16)28-3)25-8-6-18(26)23-21(25)27/h9-11,14H,4-8,12H2,1-3H3,(H,23,26,27). The Labute approximate surface area is 164 Å². The zero-order chi connectivity index (χ0) is 19.8. The summed E-state index contributed by atoms with van der Waals surface area (Å²) in [5, 5.41) is 3.28. The molecule has 1 atom stereocenters. The summed E-state index contributed by atoms with van der Waals surface area (Å²) in [5.41, 5.74) is 3.43. The van der Waals surface area contributed by atoms with E-state index in [0.717, 1.165) is 41.4 Å². The lowest BCUT2D eigenvalue weighted by Gasteiger charge is -2.28. The Morgan fingerprint density at radius 2 is 2.11 bits per heavy atom. The molecule has 2 saturated heterocycles. The lowest BCUT2D eigenvalue weighted by atomic mass is 10.1. The topological polar surface area (TPSA) is 74.8 Å². The average molecular weight is 382 g/mol. The minimum absolute atomic E-state index is 0.245. The minimum Gasteiger partial charge on any atom is -0.496 e. The van der Waals surface area contributed by atoms with Crippen molar-refractivity contribution in [3.05, 3.63) is 23.9 Å². The molecule has 2 aromatic rings. The van der Waals surface area contributed by atoms with Gasteiger partial charge >= 0.3 is 6.03 Å². The molecule has 0 radical (unpaired) electrons. The van der Waals surface area contributed by atoms with Gasteiger partial charge in [-0.15, -0.1) is 0 Å². The number of urea groups is 1. The highest BCUT2D eigenvalue weighted by molar-refractivity contribution is 6.10. The molecular weight excluding hydrogens is 356 g/mol. The number of aromatic nitrogens is 1. The van der Waals surface area contributed by atoms with Crippen LogP contribution in [0.4, 0.5) is 16.2 Å². The second-order valence-corrected chi connectivity index (χ2v) is 7.60. The van der Waals surface area contributed by atoms with E-state index in [1.54, 1.807) is 12.0 Å². The maximum Gasteiger partial charge on any atom is 0.328 e. The Balaban J connectivity index is 1.80. The van der Waals surface area contributed by atoms with Crippen molar-refractivity contribution in [1.82, 2.24) is 10.3 Å². The summed E-state index contributed by atoms with van der Waals surface area (Å²) in [6, 6.07) is 3.62. The first-order chi connectivity index (χ1) is 13.5. The van der Waals surface area contributed by atoms with Gasteiger partial charge in [-0.05, 0) is 37.0 Å². The van der Waals surface area contributed by atoms with Gasteiger partial charge in [-0.3, -0.25) is 20.0 Å². The number of hydrogen-bond donors (Lipinski definition) is 1. The highest BCUT2D eigenvalue weighted by Crippen LogP contribution is 2.38. The number of ether oxygens (including phenoxy) is 1. The van der Waals surface area contributed by atoms with Crippen LogP contribution < -0.4 is 19.9 Å². The fourth-order valence-electron chi connectivity index (χ4n) is 4.23. The van der Waals surface area contributed by atoms with Crippen LogP contribution in [0.3, 0.4) is 0 Å². The predicted molar refractivity (Wildman–Crippen MR) is 109 cm³/mol. The molecule has 2 aliphatic heterocycles. The fraction of sp³-hybridized carbons (Fsp3) is 0.476. The van der Waals surface area contributed by atoms with Crippen molar-refractivity contribution >= 4 is 34.2 Å². The number of rotatable bonds is 4. The van der Waals surface area contributed by atoms with Gasteiger partial charge in [0.15, 0.2) is 0 Å². The van der Waals surface area contributed by atoms with Crippen LogP contribution in [0.15, 0.2) is 18.3 Å². The SMILES string of the molecule is CCC1CCN(c2cnc3c(N4CCC(=O)NC4=O)cc(C)c(OC)c3c2)C1. The fourth-order valence-corrected chi connectivity index (χ4v) is 4.23. The van der Waals surface area contributed by atoms with Gasteiger partial charge in [0.25, 0.3) is 0 Å². The van der Waals surface area contributed by atoms with Gasteiger partial charge in [-0.2, -0.15) is 0 Å². The summed E-state index contributed by atoms with van der Waals surface area (Å²) in [5.74, 6) is 1.25. The monoisotopic (exact) mass is 382 g/mol. The van der Waals surface area contributed by atoms with E-state index in [1.165, 1.54) is 12.8 Å². The molecule has 2 aliphatic rings. The van der Waals surface area contributed by atoms with Crippen LogP contribution in [-0.4, -0.2) is 43.7 Å². The Morgan fingerprint density at radius 3 is 2.79 bits per heavy atom. The third-order valence-corrected chi connectivity index (χ3v) is 5.85. The molecule has 1 aromatic heterocycles. The van der Waals surface area contributed by atoms with Crippen LogP contribution in [0.25, 0.3) is 10.9 Å². The summed E-state index contributed by atoms with van der Waals surface area (Å²) in [7, 11) is 1.66. The number of pyridine rings is 1. The third kappa shape index (κ3) is 3.15. The van der Waals surface area contributed by atoms with Crippen molar-refractivity contribution < 1.29 is 14.3 Å². The van der Waals surface area contributed by atoms with Crippen LogP contribution >= 0.6 is 0 Å². The molecule has 1 aromatic carbocycles. The number of aryl methyl sites for hydroxylation is 1. The number of imide groups is 1. The van der Waals surface area contributed by atoms with Crippen molar-refractivity contribution in [1.29, 1.82) is 0 Å². The third-order valence-electron chi connectivity index (χ3n) is 5.85. The Bertz CT molecular complexity index is 943. The second-order valence-electron chi connectivity index (χ2n) is 7.60. The molecule has 3 amide bonds. The van der Waals surface area contributed by atoms with E-state index in [4.69, 9.17) is 9.72 Å². The lowest BCUT2D eigenvalue weighted by molar-refractivity contribution is -0.120. The molecule has 148 valence electrons. The van der Waals surface area contributed by atoms with E-state index in [9.17, 15) is 9.59 Å². The molecule has 2 fully saturated rings. The zero-order valence-electron chi connectivity index (χ0n) is 16.6. The molecule has 7 nitrogen and oxygen atoms in total. The summed E-state index contributed by atoms with van der Waals surface area (Å²) in [4.78, 5) is 32.6. The largest absolute Gasteiger partial charge is 0.496 e. The number of nitrogens with one attached hydrogen (secondary N) is 1. The second kappa shape index (κ2) is 7.30. The summed E-state index contributed by atoms with van der Waals surface area (Å²) in [6.45, 7) is 6.62. The van der Waals surface area contributed by atoms with Gasteiger partial charge in [0.05, 0.1) is 30.2 Å². The van der Waals surface area contributed by atoms with Gasteiger partial charge in [0.2, 0.25) is 5.91 Å². The molecule has 0 aliphatic carbocycles. The van der Waals surface area contributed by atoms with Crippen LogP contribution in [0.5, 0.6) is 5.75 Å². The summed E-state index contributed by atoms with van der Waals surface area (Å²) >= 11 is 0. The number of carbonyl (C=O) groups is 2. The van der Waals surface area contributed by atoms with E-state index in [1.807, 2.05) is 19.2 Å². The number of anilines is 2. The Hall–Kier alpha value is -2.83. The first-order valence-corrected chi connectivity index (χ1v) is 9.85. The number of methoxy groups -OCH3 is 1. The van der Waals surface area contributed by atoms with E-state index in [2.05, 4.69) is 23.2 Å². The van der Waals surface area contributed by atoms with E-state index in [0.29, 0.717) is 17.7 Å². The molecule has 1 N–H and O–H groups in total. The number of nitrogens with zero attached hydrogens (tertiary/aromatic N) is 3. The molecule has 1 unspecified atom stereocenters. The number of hydrogen-bond acceptors (Lipinski definition) is 5. The Kier molecular flexibility index (Phi) is 4.83. The maximum atomic E-state index is 12.4. The molecule has 0 spiro atoms. The molecule has 7 heteroatoms. The zero-order valence-corrected chi connectivity index (χ0v) is 16.6. The van der Waals surface area contributed by atoms with Gasteiger partial charge in [0, 0.05) is 31.4 Å². The Morgan fingerprint density at radius 1 is 1.29 bits per heavy atom. The van der Waals surface area contributed by atoms with E-state index < -0.39 is 6.03 Å². The van der Waals surface area contributed by atoms with Crippen molar-refractivity contribution in [2.45, 2.75) is 33.1 Å². The number of carbonyl (C=O) groups excluding carboxylic acids is 2. The highest BCUT2D eigenvalue weighted by Gasteiger charge is 2.28. The van der Waals surface area contributed by atoms with Crippen molar-refractivity contribution in [3.63, 3.8) is 0 Å². The molecule has 0 saturated carbocycles. The summed E-state index contributed by atoms with van der Waals surface area (Å²) in [6.07, 6.45) is 4.55. The van der Waals surface area contributed by atoms with Gasteiger partial charge < -0.3 is 9.64 Å². The number of benzene rings is 1. The molecule has 4 rings (SSSR count). The average Bonchev–Trinajstić information content (AvgIpc) is 3.16. The van der Waals surface area contributed by atoms with Crippen molar-refractivity contribution in [2.24, 2.45) is 5.92 Å². The first kappa shape index (κ1) is 18.5. The minimum atomic E-state index is -0.404. The predicted octanol–water partition coefficient (Wildman–Crippen LogP) is 3.23. The van der Waals surface area contributed by atoms with Crippen molar-refractivity contribution in [3.8, 4) is 5.75 Å². The van der Waals surface area contributed by atoms with Gasteiger partial charge in [0.1, 0.15) is 5.75 Å². The molecule has 3 heterocycles. The highest BCUT2D eigenvalue weighted by atomic mass is 16.5. The van der Waals surface area contributed by atoms with Crippen molar-refractivity contribution in [2.75, 3.05) is 36.5 Å². The molecular formula is C21H26N4O3. The smallest absolute Gasteiger partial charge is 0.328 e. The van der Waals surface area contributed by atoms with Crippen LogP contribution in [-0.2, 0) is 4.79 Å². The molecule has 0 bridgehead atoms. The van der Waals surface area contributed by atoms with E-state index in [-0.39, 0.29) is 12.3 Å². The number of fused-ring (bicyclic) bond motifs is 1. The lowest BCUT2D eigenvalue weighted by Crippen LogP contribution is -2.49. The normalized spacial score (nSPS) is 20.0. The van der Waals surface area contributed by atoms with Gasteiger partial charge in [-0.25, -0.2) is 4.79 Å². The van der Waals surface area contributed by atoms with E-state index >= 15 is 0 Å². The molecule has 28 heavy (non-hydrogen) atoms. The van der Waals surface area contributed by atoms with Crippen LogP contribution in [0.1, 0.15) is 31.7 Å². The number of amides is 3.